The van der Waals surface area contributed by atoms with Crippen LogP contribution in [-0.4, -0.2) is 48.1 Å². The molecule has 0 amide bonds. The number of nitrogen functional groups attached to an aromatic ring is 1. The molecular formula is C12H18N2O5S. The number of aliphatic hydroxyl groups is 1. The lowest BCUT2D eigenvalue weighted by molar-refractivity contribution is 0.0640. The molecule has 1 aromatic carbocycles. The fraction of sp³-hybridized carbons (Fsp3) is 0.417. The predicted octanol–water partition coefficient (Wildman–Crippen LogP) is 0.358. The maximum absolute atomic E-state index is 12.4. The molecule has 0 aromatic heterocycles. The molecule has 0 aliphatic rings. The van der Waals surface area contributed by atoms with Crippen molar-refractivity contribution >= 4 is 21.7 Å². The molecule has 20 heavy (non-hydrogen) atoms. The molecular weight excluding hydrogens is 284 g/mol. The summed E-state index contributed by atoms with van der Waals surface area (Å²) in [5.74, 6) is -1.36. The van der Waals surface area contributed by atoms with Gasteiger partial charge >= 0.3 is 5.97 Å². The van der Waals surface area contributed by atoms with E-state index in [-0.39, 0.29) is 17.8 Å². The second-order valence-electron chi connectivity index (χ2n) is 5.13. The molecule has 0 aliphatic heterocycles. The highest BCUT2D eigenvalue weighted by Crippen LogP contribution is 2.23. The number of sulfonamides is 1. The third-order valence-corrected chi connectivity index (χ3v) is 4.38. The number of hydrogen-bond acceptors (Lipinski definition) is 5. The summed E-state index contributed by atoms with van der Waals surface area (Å²) in [7, 11) is -2.79. The van der Waals surface area contributed by atoms with Crippen LogP contribution in [0.5, 0.6) is 0 Å². The smallest absolute Gasteiger partial charge is 0.337 e. The Morgan fingerprint density at radius 1 is 1.40 bits per heavy atom. The van der Waals surface area contributed by atoms with E-state index in [1.54, 1.807) is 0 Å². The van der Waals surface area contributed by atoms with Gasteiger partial charge in [0, 0.05) is 19.3 Å². The van der Waals surface area contributed by atoms with Crippen molar-refractivity contribution in [3.05, 3.63) is 23.8 Å². The van der Waals surface area contributed by atoms with Crippen LogP contribution in [0.1, 0.15) is 24.2 Å². The largest absolute Gasteiger partial charge is 0.478 e. The molecule has 1 rings (SSSR count). The second-order valence-corrected chi connectivity index (χ2v) is 7.15. The summed E-state index contributed by atoms with van der Waals surface area (Å²) >= 11 is 0. The van der Waals surface area contributed by atoms with Crippen LogP contribution in [0, 0.1) is 0 Å². The summed E-state index contributed by atoms with van der Waals surface area (Å²) in [6.45, 7) is 2.73. The van der Waals surface area contributed by atoms with Gasteiger partial charge in [0.15, 0.2) is 0 Å². The second kappa shape index (κ2) is 5.39. The fourth-order valence-corrected chi connectivity index (χ4v) is 3.27. The maximum atomic E-state index is 12.4. The number of carboxylic acids is 1. The zero-order chi connectivity index (χ0) is 15.7. The van der Waals surface area contributed by atoms with Crippen LogP contribution < -0.4 is 5.73 Å². The number of carboxylic acid groups (broad SMARTS) is 1. The van der Waals surface area contributed by atoms with Crippen molar-refractivity contribution in [1.29, 1.82) is 0 Å². The number of anilines is 1. The van der Waals surface area contributed by atoms with Crippen LogP contribution in [-0.2, 0) is 10.0 Å². The van der Waals surface area contributed by atoms with Crippen molar-refractivity contribution in [3.63, 3.8) is 0 Å². The number of aromatic carboxylic acids is 1. The van der Waals surface area contributed by atoms with E-state index in [2.05, 4.69) is 0 Å². The first-order valence-corrected chi connectivity index (χ1v) is 7.21. The lowest BCUT2D eigenvalue weighted by atomic mass is 10.1. The van der Waals surface area contributed by atoms with Gasteiger partial charge in [-0.1, -0.05) is 0 Å². The molecule has 0 fully saturated rings. The number of benzene rings is 1. The summed E-state index contributed by atoms with van der Waals surface area (Å²) in [6, 6.07) is 3.56. The highest BCUT2D eigenvalue weighted by molar-refractivity contribution is 7.89. The number of hydrogen-bond donors (Lipinski definition) is 3. The highest BCUT2D eigenvalue weighted by Gasteiger charge is 2.30. The van der Waals surface area contributed by atoms with Crippen LogP contribution in [0.2, 0.25) is 0 Å². The number of rotatable bonds is 5. The van der Waals surface area contributed by atoms with E-state index in [0.29, 0.717) is 0 Å². The van der Waals surface area contributed by atoms with Gasteiger partial charge in [0.2, 0.25) is 10.0 Å². The number of likely N-dealkylation sites (N-methyl/N-ethyl adjacent to an activating group) is 1. The molecule has 0 radical (unpaired) electrons. The first kappa shape index (κ1) is 16.4. The molecule has 0 saturated heterocycles. The minimum absolute atomic E-state index is 0.144. The van der Waals surface area contributed by atoms with Gasteiger partial charge in [-0.25, -0.2) is 13.2 Å². The third kappa shape index (κ3) is 3.69. The van der Waals surface area contributed by atoms with Gasteiger partial charge in [0.1, 0.15) is 0 Å². The zero-order valence-corrected chi connectivity index (χ0v) is 12.3. The molecule has 0 aliphatic carbocycles. The summed E-state index contributed by atoms with van der Waals surface area (Å²) in [5, 5.41) is 18.7. The molecule has 0 bridgehead atoms. The lowest BCUT2D eigenvalue weighted by Gasteiger charge is -2.25. The zero-order valence-electron chi connectivity index (χ0n) is 11.5. The Labute approximate surface area is 117 Å². The Hall–Kier alpha value is -1.64. The SMILES string of the molecule is CN(CC(C)(C)O)S(=O)(=O)c1cc(N)ccc1C(=O)O. The molecule has 1 aromatic rings. The number of nitrogens with two attached hydrogens (primary N) is 1. The monoisotopic (exact) mass is 302 g/mol. The molecule has 0 unspecified atom stereocenters. The fourth-order valence-electron chi connectivity index (χ4n) is 1.73. The Balaban J connectivity index is 3.35. The minimum atomic E-state index is -4.06. The first-order chi connectivity index (χ1) is 8.95. The molecule has 0 atom stereocenters. The maximum Gasteiger partial charge on any atom is 0.337 e. The van der Waals surface area contributed by atoms with Crippen LogP contribution >= 0.6 is 0 Å². The molecule has 0 spiro atoms. The molecule has 0 heterocycles. The summed E-state index contributed by atoms with van der Waals surface area (Å²) in [5.41, 5.74) is 4.07. The van der Waals surface area contributed by atoms with E-state index < -0.39 is 26.5 Å². The summed E-state index contributed by atoms with van der Waals surface area (Å²) in [6.07, 6.45) is 0. The Morgan fingerprint density at radius 3 is 2.40 bits per heavy atom. The standard InChI is InChI=1S/C12H18N2O5S/c1-12(2,17)7-14(3)20(18,19)10-6-8(13)4-5-9(10)11(15)16/h4-6,17H,7,13H2,1-3H3,(H,15,16). The number of nitrogens with zero attached hydrogens (tertiary/aromatic N) is 1. The normalized spacial score (nSPS) is 12.7. The van der Waals surface area contributed by atoms with Crippen LogP contribution in [0.25, 0.3) is 0 Å². The summed E-state index contributed by atoms with van der Waals surface area (Å²) in [4.78, 5) is 10.7. The van der Waals surface area contributed by atoms with Crippen molar-refractivity contribution < 1.29 is 23.4 Å². The van der Waals surface area contributed by atoms with E-state index >= 15 is 0 Å². The van der Waals surface area contributed by atoms with Crippen molar-refractivity contribution in [2.45, 2.75) is 24.3 Å². The Bertz CT molecular complexity index is 619. The average Bonchev–Trinajstić information content (AvgIpc) is 2.25. The van der Waals surface area contributed by atoms with Gasteiger partial charge in [-0.05, 0) is 32.0 Å². The predicted molar refractivity (Wildman–Crippen MR) is 73.9 cm³/mol. The topological polar surface area (TPSA) is 121 Å². The van der Waals surface area contributed by atoms with Gasteiger partial charge in [0.25, 0.3) is 0 Å². The summed E-state index contributed by atoms with van der Waals surface area (Å²) < 4.78 is 25.7. The quantitative estimate of drug-likeness (QED) is 0.675. The van der Waals surface area contributed by atoms with E-state index in [0.717, 1.165) is 16.4 Å². The van der Waals surface area contributed by atoms with Crippen LogP contribution in [0.15, 0.2) is 23.1 Å². The van der Waals surface area contributed by atoms with Gasteiger partial charge in [-0.3, -0.25) is 0 Å². The third-order valence-electron chi connectivity index (χ3n) is 2.53. The van der Waals surface area contributed by atoms with Crippen molar-refractivity contribution in [2.24, 2.45) is 0 Å². The van der Waals surface area contributed by atoms with Crippen LogP contribution in [0.3, 0.4) is 0 Å². The van der Waals surface area contributed by atoms with Gasteiger partial charge in [0.05, 0.1) is 16.1 Å². The van der Waals surface area contributed by atoms with E-state index in [1.807, 2.05) is 0 Å². The van der Waals surface area contributed by atoms with Gasteiger partial charge in [-0.2, -0.15) is 4.31 Å². The van der Waals surface area contributed by atoms with Crippen molar-refractivity contribution in [1.82, 2.24) is 4.31 Å². The van der Waals surface area contributed by atoms with E-state index in [4.69, 9.17) is 10.8 Å². The van der Waals surface area contributed by atoms with Crippen molar-refractivity contribution in [3.8, 4) is 0 Å². The molecule has 4 N–H and O–H groups in total. The van der Waals surface area contributed by atoms with Crippen molar-refractivity contribution in [2.75, 3.05) is 19.3 Å². The number of carbonyl (C=O) groups is 1. The average molecular weight is 302 g/mol. The Morgan fingerprint density at radius 2 is 1.95 bits per heavy atom. The van der Waals surface area contributed by atoms with E-state index in [9.17, 15) is 18.3 Å². The minimum Gasteiger partial charge on any atom is -0.478 e. The van der Waals surface area contributed by atoms with E-state index in [1.165, 1.54) is 27.0 Å². The lowest BCUT2D eigenvalue weighted by Crippen LogP contribution is -2.40. The first-order valence-electron chi connectivity index (χ1n) is 5.77. The molecule has 7 nitrogen and oxygen atoms in total. The van der Waals surface area contributed by atoms with Crippen LogP contribution in [0.4, 0.5) is 5.69 Å². The molecule has 8 heteroatoms. The molecule has 0 saturated carbocycles. The van der Waals surface area contributed by atoms with Gasteiger partial charge < -0.3 is 15.9 Å². The Kier molecular flexibility index (Phi) is 4.42. The van der Waals surface area contributed by atoms with Gasteiger partial charge in [-0.15, -0.1) is 0 Å². The molecule has 112 valence electrons. The highest BCUT2D eigenvalue weighted by atomic mass is 32.2.